The molecular weight excluding hydrogens is 266 g/mol. The predicted octanol–water partition coefficient (Wildman–Crippen LogP) is 1.05. The van der Waals surface area contributed by atoms with E-state index in [2.05, 4.69) is 0 Å². The minimum atomic E-state index is -0.412. The van der Waals surface area contributed by atoms with Crippen LogP contribution in [0, 0.1) is 0 Å². The van der Waals surface area contributed by atoms with Gasteiger partial charge in [-0.15, -0.1) is 11.8 Å². The largest absolute Gasteiger partial charge is 0.495 e. The molecule has 0 radical (unpaired) electrons. The fourth-order valence-electron chi connectivity index (χ4n) is 2.00. The van der Waals surface area contributed by atoms with Crippen molar-refractivity contribution in [3.05, 3.63) is 24.3 Å². The molecule has 1 aliphatic rings. The van der Waals surface area contributed by atoms with Crippen LogP contribution < -0.4 is 9.64 Å². The lowest BCUT2D eigenvalue weighted by Gasteiger charge is -2.17. The number of hydrogen-bond donors (Lipinski definition) is 1. The lowest BCUT2D eigenvalue weighted by atomic mass is 10.2. The zero-order valence-electron chi connectivity index (χ0n) is 10.5. The summed E-state index contributed by atoms with van der Waals surface area (Å²) in [5.41, 5.74) is 0.479. The van der Waals surface area contributed by atoms with Crippen molar-refractivity contribution in [2.24, 2.45) is 0 Å². The SMILES string of the molecule is COc1ccccc1N1C(=O)CC(SCCO)C1=O. The molecule has 0 saturated carbocycles. The quantitative estimate of drug-likeness (QED) is 0.817. The fourth-order valence-corrected chi connectivity index (χ4v) is 2.90. The van der Waals surface area contributed by atoms with E-state index in [1.165, 1.54) is 23.8 Å². The summed E-state index contributed by atoms with van der Waals surface area (Å²) in [5.74, 6) is 0.471. The molecule has 5 nitrogen and oxygen atoms in total. The standard InChI is InChI=1S/C13H15NO4S/c1-18-10-5-3-2-4-9(10)14-12(16)8-11(13(14)17)19-7-6-15/h2-5,11,15H,6-8H2,1H3. The molecular formula is C13H15NO4S. The number of anilines is 1. The molecule has 0 aliphatic carbocycles. The van der Waals surface area contributed by atoms with Crippen LogP contribution >= 0.6 is 11.8 Å². The Hall–Kier alpha value is -1.53. The molecule has 1 heterocycles. The predicted molar refractivity (Wildman–Crippen MR) is 73.4 cm³/mol. The van der Waals surface area contributed by atoms with Crippen molar-refractivity contribution >= 4 is 29.3 Å². The van der Waals surface area contributed by atoms with E-state index < -0.39 is 5.25 Å². The highest BCUT2D eigenvalue weighted by Gasteiger charge is 2.40. The Labute approximate surface area is 115 Å². The maximum absolute atomic E-state index is 12.2. The Bertz CT molecular complexity index is 491. The van der Waals surface area contributed by atoms with Gasteiger partial charge >= 0.3 is 0 Å². The first-order valence-corrected chi connectivity index (χ1v) is 6.96. The second kappa shape index (κ2) is 6.08. The average Bonchev–Trinajstić information content (AvgIpc) is 2.71. The highest BCUT2D eigenvalue weighted by Crippen LogP contribution is 2.34. The highest BCUT2D eigenvalue weighted by molar-refractivity contribution is 8.00. The molecule has 1 aromatic rings. The van der Waals surface area contributed by atoms with E-state index in [1.807, 2.05) is 0 Å². The molecule has 1 saturated heterocycles. The summed E-state index contributed by atoms with van der Waals surface area (Å²) < 4.78 is 5.18. The summed E-state index contributed by atoms with van der Waals surface area (Å²) in [4.78, 5) is 25.4. The van der Waals surface area contributed by atoms with E-state index >= 15 is 0 Å². The molecule has 1 atom stereocenters. The Morgan fingerprint density at radius 1 is 1.42 bits per heavy atom. The topological polar surface area (TPSA) is 66.8 Å². The van der Waals surface area contributed by atoms with Crippen LogP contribution in [0.2, 0.25) is 0 Å². The molecule has 0 spiro atoms. The van der Waals surface area contributed by atoms with Crippen LogP contribution in [0.5, 0.6) is 5.75 Å². The number of aliphatic hydroxyl groups excluding tert-OH is 1. The number of methoxy groups -OCH3 is 1. The summed E-state index contributed by atoms with van der Waals surface area (Å²) in [5, 5.41) is 8.38. The molecule has 6 heteroatoms. The maximum Gasteiger partial charge on any atom is 0.247 e. The number of carbonyl (C=O) groups is 2. The average molecular weight is 281 g/mol. The molecule has 2 amide bonds. The minimum Gasteiger partial charge on any atom is -0.495 e. The van der Waals surface area contributed by atoms with Crippen molar-refractivity contribution in [2.45, 2.75) is 11.7 Å². The minimum absolute atomic E-state index is 0.00268. The number of amides is 2. The third kappa shape index (κ3) is 2.74. The van der Waals surface area contributed by atoms with Gasteiger partial charge in [0.1, 0.15) is 5.75 Å². The number of ether oxygens (including phenoxy) is 1. The van der Waals surface area contributed by atoms with Gasteiger partial charge in [-0.2, -0.15) is 0 Å². The van der Waals surface area contributed by atoms with Gasteiger partial charge in [-0.1, -0.05) is 12.1 Å². The lowest BCUT2D eigenvalue weighted by molar-refractivity contribution is -0.121. The number of benzene rings is 1. The van der Waals surface area contributed by atoms with Crippen LogP contribution in [0.1, 0.15) is 6.42 Å². The van der Waals surface area contributed by atoms with E-state index in [-0.39, 0.29) is 24.8 Å². The van der Waals surface area contributed by atoms with Gasteiger partial charge in [-0.25, -0.2) is 4.90 Å². The molecule has 19 heavy (non-hydrogen) atoms. The molecule has 1 unspecified atom stereocenters. The lowest BCUT2D eigenvalue weighted by Crippen LogP contribution is -2.31. The maximum atomic E-state index is 12.2. The van der Waals surface area contributed by atoms with Crippen LogP contribution in [0.4, 0.5) is 5.69 Å². The van der Waals surface area contributed by atoms with Gasteiger partial charge in [0.25, 0.3) is 0 Å². The van der Waals surface area contributed by atoms with Crippen LogP contribution in [0.15, 0.2) is 24.3 Å². The van der Waals surface area contributed by atoms with Crippen molar-refractivity contribution in [3.8, 4) is 5.75 Å². The molecule has 1 aliphatic heterocycles. The van der Waals surface area contributed by atoms with Crippen LogP contribution in [-0.2, 0) is 9.59 Å². The zero-order chi connectivity index (χ0) is 13.8. The van der Waals surface area contributed by atoms with E-state index in [0.29, 0.717) is 17.2 Å². The summed E-state index contributed by atoms with van der Waals surface area (Å²) in [6.07, 6.45) is 0.168. The smallest absolute Gasteiger partial charge is 0.247 e. The van der Waals surface area contributed by atoms with Crippen molar-refractivity contribution in [3.63, 3.8) is 0 Å². The van der Waals surface area contributed by atoms with Crippen LogP contribution in [-0.4, -0.2) is 41.6 Å². The first-order valence-electron chi connectivity index (χ1n) is 5.91. The number of carbonyl (C=O) groups excluding carboxylic acids is 2. The third-order valence-electron chi connectivity index (χ3n) is 2.84. The van der Waals surface area contributed by atoms with Gasteiger partial charge in [0.15, 0.2) is 0 Å². The van der Waals surface area contributed by atoms with Gasteiger partial charge in [0, 0.05) is 12.2 Å². The monoisotopic (exact) mass is 281 g/mol. The van der Waals surface area contributed by atoms with Gasteiger partial charge in [-0.05, 0) is 12.1 Å². The number of para-hydroxylation sites is 2. The number of thioether (sulfide) groups is 1. The van der Waals surface area contributed by atoms with Gasteiger partial charge in [0.05, 0.1) is 24.7 Å². The fraction of sp³-hybridized carbons (Fsp3) is 0.385. The molecule has 1 N–H and O–H groups in total. The summed E-state index contributed by atoms with van der Waals surface area (Å²) >= 11 is 1.30. The molecule has 2 rings (SSSR count). The molecule has 0 bridgehead atoms. The van der Waals surface area contributed by atoms with E-state index in [9.17, 15) is 9.59 Å². The Morgan fingerprint density at radius 2 is 2.16 bits per heavy atom. The van der Waals surface area contributed by atoms with Crippen LogP contribution in [0.3, 0.4) is 0 Å². The van der Waals surface area contributed by atoms with Crippen molar-refractivity contribution in [2.75, 3.05) is 24.4 Å². The second-order valence-corrected chi connectivity index (χ2v) is 5.34. The molecule has 0 aromatic heterocycles. The van der Waals surface area contributed by atoms with Crippen molar-refractivity contribution < 1.29 is 19.4 Å². The number of rotatable bonds is 5. The Balaban J connectivity index is 2.25. The van der Waals surface area contributed by atoms with E-state index in [1.54, 1.807) is 24.3 Å². The number of aliphatic hydroxyl groups is 1. The van der Waals surface area contributed by atoms with Gasteiger partial charge < -0.3 is 9.84 Å². The van der Waals surface area contributed by atoms with Crippen molar-refractivity contribution in [1.82, 2.24) is 0 Å². The summed E-state index contributed by atoms with van der Waals surface area (Å²) in [6, 6.07) is 6.94. The normalized spacial score (nSPS) is 19.1. The number of hydrogen-bond acceptors (Lipinski definition) is 5. The molecule has 102 valence electrons. The Morgan fingerprint density at radius 3 is 2.84 bits per heavy atom. The first-order chi connectivity index (χ1) is 9.19. The van der Waals surface area contributed by atoms with Crippen LogP contribution in [0.25, 0.3) is 0 Å². The number of nitrogens with zero attached hydrogens (tertiary/aromatic N) is 1. The van der Waals surface area contributed by atoms with Gasteiger partial charge in [0.2, 0.25) is 11.8 Å². The van der Waals surface area contributed by atoms with Crippen molar-refractivity contribution in [1.29, 1.82) is 0 Å². The first kappa shape index (κ1) is 13.9. The van der Waals surface area contributed by atoms with Gasteiger partial charge in [-0.3, -0.25) is 9.59 Å². The second-order valence-electron chi connectivity index (χ2n) is 4.03. The molecule has 1 aromatic carbocycles. The highest BCUT2D eigenvalue weighted by atomic mass is 32.2. The summed E-state index contributed by atoms with van der Waals surface area (Å²) in [6.45, 7) is -0.00268. The number of imide groups is 1. The molecule has 1 fully saturated rings. The zero-order valence-corrected chi connectivity index (χ0v) is 11.4. The van der Waals surface area contributed by atoms with E-state index in [0.717, 1.165) is 0 Å². The van der Waals surface area contributed by atoms with E-state index in [4.69, 9.17) is 9.84 Å². The Kier molecular flexibility index (Phi) is 4.44. The third-order valence-corrected chi connectivity index (χ3v) is 4.03. The summed E-state index contributed by atoms with van der Waals surface area (Å²) in [7, 11) is 1.50.